The lowest BCUT2D eigenvalue weighted by Crippen LogP contribution is -2.01. The largest absolute Gasteiger partial charge is 0.419 e. The lowest BCUT2D eigenvalue weighted by atomic mass is 10.0. The number of nitrogens with one attached hydrogen (secondary N) is 1. The number of aromatic nitrogens is 3. The van der Waals surface area contributed by atoms with E-state index in [-0.39, 0.29) is 5.69 Å². The fraction of sp³-hybridized carbons (Fsp3) is 0.0938. The molecule has 0 spiro atoms. The van der Waals surface area contributed by atoms with E-state index in [4.69, 9.17) is 9.52 Å². The molecule has 6 aromatic rings. The van der Waals surface area contributed by atoms with Crippen LogP contribution < -0.4 is 5.32 Å². The van der Waals surface area contributed by atoms with E-state index in [1.165, 1.54) is 5.56 Å². The predicted molar refractivity (Wildman–Crippen MR) is 150 cm³/mol. The van der Waals surface area contributed by atoms with E-state index in [2.05, 4.69) is 48.4 Å². The van der Waals surface area contributed by atoms with Gasteiger partial charge in [0, 0.05) is 29.4 Å². The van der Waals surface area contributed by atoms with Gasteiger partial charge < -0.3 is 9.73 Å². The van der Waals surface area contributed by atoms with Crippen molar-refractivity contribution in [3.63, 3.8) is 0 Å². The molecule has 38 heavy (non-hydrogen) atoms. The van der Waals surface area contributed by atoms with Crippen molar-refractivity contribution in [2.75, 3.05) is 5.32 Å². The van der Waals surface area contributed by atoms with Gasteiger partial charge in [-0.15, -0.1) is 0 Å². The molecule has 2 aromatic heterocycles. The zero-order valence-corrected chi connectivity index (χ0v) is 21.1. The number of nitriles is 1. The summed E-state index contributed by atoms with van der Waals surface area (Å²) >= 11 is 0. The minimum absolute atomic E-state index is 0.219. The molecule has 6 rings (SSSR count). The average Bonchev–Trinajstić information content (AvgIpc) is 3.57. The minimum atomic E-state index is 0.219. The monoisotopic (exact) mass is 495 g/mol. The van der Waals surface area contributed by atoms with Crippen LogP contribution >= 0.6 is 0 Å². The number of aryl methyl sites for hydroxylation is 2. The van der Waals surface area contributed by atoms with Crippen LogP contribution in [0.4, 0.5) is 5.88 Å². The lowest BCUT2D eigenvalue weighted by molar-refractivity contribution is 0.585. The Balaban J connectivity index is 1.38. The summed E-state index contributed by atoms with van der Waals surface area (Å²) in [5.74, 6) is 0.755. The standard InChI is InChI=1S/C32H25N5O/c1-21-15-16-22(2)28(17-21)30-24(20-37(36-30)25-11-4-3-5-12-25)19-34-32-29(18-33)35-31(38-32)27-14-8-10-23-9-6-7-13-26(23)27/h3-17,20,34H,19H2,1-2H3. The zero-order chi connectivity index (χ0) is 26.1. The Bertz CT molecular complexity index is 1800. The maximum absolute atomic E-state index is 9.81. The van der Waals surface area contributed by atoms with Crippen molar-refractivity contribution in [3.05, 3.63) is 120 Å². The van der Waals surface area contributed by atoms with Crippen LogP contribution in [-0.2, 0) is 6.54 Å². The molecule has 0 unspecified atom stereocenters. The molecule has 0 saturated heterocycles. The molecule has 1 N–H and O–H groups in total. The second-order valence-corrected chi connectivity index (χ2v) is 9.29. The first-order valence-electron chi connectivity index (χ1n) is 12.5. The van der Waals surface area contributed by atoms with E-state index in [0.717, 1.165) is 44.4 Å². The molecule has 0 aliphatic carbocycles. The fourth-order valence-electron chi connectivity index (χ4n) is 4.69. The number of rotatable bonds is 6. The SMILES string of the molecule is Cc1ccc(C)c(-c2nn(-c3ccccc3)cc2CNc2oc(-c3cccc4ccccc34)nc2C#N)c1. The van der Waals surface area contributed by atoms with Crippen LogP contribution in [0.25, 0.3) is 39.2 Å². The number of hydrogen-bond acceptors (Lipinski definition) is 5. The summed E-state index contributed by atoms with van der Waals surface area (Å²) in [6.07, 6.45) is 2.02. The van der Waals surface area contributed by atoms with Crippen LogP contribution in [0.1, 0.15) is 22.4 Å². The number of nitrogens with zero attached hydrogens (tertiary/aromatic N) is 4. The molecule has 6 nitrogen and oxygen atoms in total. The quantitative estimate of drug-likeness (QED) is 0.260. The molecule has 0 atom stereocenters. The molecule has 0 bridgehead atoms. The Hall–Kier alpha value is -5.15. The van der Waals surface area contributed by atoms with Gasteiger partial charge in [0.05, 0.1) is 11.4 Å². The van der Waals surface area contributed by atoms with E-state index in [1.54, 1.807) is 0 Å². The van der Waals surface area contributed by atoms with Crippen molar-refractivity contribution in [3.8, 4) is 34.5 Å². The van der Waals surface area contributed by atoms with Crippen molar-refractivity contribution in [2.45, 2.75) is 20.4 Å². The number of oxazole rings is 1. The first kappa shape index (κ1) is 23.3. The zero-order valence-electron chi connectivity index (χ0n) is 21.1. The Morgan fingerprint density at radius 1 is 0.895 bits per heavy atom. The molecular formula is C32H25N5O. The Morgan fingerprint density at radius 2 is 1.68 bits per heavy atom. The molecule has 0 amide bonds. The van der Waals surface area contributed by atoms with Gasteiger partial charge in [-0.05, 0) is 54.4 Å². The maximum Gasteiger partial charge on any atom is 0.232 e. The number of benzene rings is 4. The van der Waals surface area contributed by atoms with Crippen LogP contribution in [0.2, 0.25) is 0 Å². The van der Waals surface area contributed by atoms with Crippen molar-refractivity contribution in [1.29, 1.82) is 5.26 Å². The lowest BCUT2D eigenvalue weighted by Gasteiger charge is -2.08. The van der Waals surface area contributed by atoms with Crippen LogP contribution in [0.5, 0.6) is 0 Å². The van der Waals surface area contributed by atoms with Gasteiger partial charge in [0.2, 0.25) is 17.5 Å². The number of hydrogen-bond donors (Lipinski definition) is 1. The van der Waals surface area contributed by atoms with Gasteiger partial charge in [0.15, 0.2) is 0 Å². The molecule has 2 heterocycles. The average molecular weight is 496 g/mol. The molecule has 0 radical (unpaired) electrons. The number of para-hydroxylation sites is 1. The molecule has 0 aliphatic heterocycles. The fourth-order valence-corrected chi connectivity index (χ4v) is 4.69. The Morgan fingerprint density at radius 3 is 2.53 bits per heavy atom. The molecule has 0 aliphatic rings. The summed E-state index contributed by atoms with van der Waals surface area (Å²) in [5, 5.41) is 20.2. The van der Waals surface area contributed by atoms with E-state index in [1.807, 2.05) is 83.7 Å². The van der Waals surface area contributed by atoms with E-state index in [9.17, 15) is 5.26 Å². The van der Waals surface area contributed by atoms with Crippen LogP contribution in [0, 0.1) is 25.2 Å². The first-order valence-corrected chi connectivity index (χ1v) is 12.5. The summed E-state index contributed by atoms with van der Waals surface area (Å²) in [4.78, 5) is 4.51. The number of anilines is 1. The summed E-state index contributed by atoms with van der Waals surface area (Å²) in [6, 6.07) is 32.6. The summed E-state index contributed by atoms with van der Waals surface area (Å²) in [6.45, 7) is 4.58. The highest BCUT2D eigenvalue weighted by atomic mass is 16.4. The van der Waals surface area contributed by atoms with E-state index in [0.29, 0.717) is 18.3 Å². The van der Waals surface area contributed by atoms with E-state index < -0.39 is 0 Å². The molecule has 0 saturated carbocycles. The number of fused-ring (bicyclic) bond motifs is 1. The van der Waals surface area contributed by atoms with E-state index >= 15 is 0 Å². The Kier molecular flexibility index (Phi) is 5.95. The third-order valence-corrected chi connectivity index (χ3v) is 6.65. The van der Waals surface area contributed by atoms with Gasteiger partial charge in [-0.1, -0.05) is 72.3 Å². The highest BCUT2D eigenvalue weighted by Gasteiger charge is 2.19. The van der Waals surface area contributed by atoms with Gasteiger partial charge in [-0.3, -0.25) is 0 Å². The second kappa shape index (κ2) is 9.72. The van der Waals surface area contributed by atoms with Gasteiger partial charge in [-0.25, -0.2) is 4.68 Å². The van der Waals surface area contributed by atoms with Crippen LogP contribution in [0.3, 0.4) is 0 Å². The Labute approximate surface area is 220 Å². The predicted octanol–water partition coefficient (Wildman–Crippen LogP) is 7.45. The molecule has 0 fully saturated rings. The van der Waals surface area contributed by atoms with Crippen molar-refractivity contribution in [1.82, 2.24) is 14.8 Å². The molecule has 4 aromatic carbocycles. The van der Waals surface area contributed by atoms with Crippen LogP contribution in [0.15, 0.2) is 102 Å². The second-order valence-electron chi connectivity index (χ2n) is 9.29. The third kappa shape index (κ3) is 4.31. The molecule has 6 heteroatoms. The highest BCUT2D eigenvalue weighted by Crippen LogP contribution is 2.33. The summed E-state index contributed by atoms with van der Waals surface area (Å²) in [7, 11) is 0. The third-order valence-electron chi connectivity index (χ3n) is 6.65. The van der Waals surface area contributed by atoms with Crippen molar-refractivity contribution < 1.29 is 4.42 Å². The normalized spacial score (nSPS) is 11.0. The van der Waals surface area contributed by atoms with Gasteiger partial charge >= 0.3 is 0 Å². The van der Waals surface area contributed by atoms with Crippen LogP contribution in [-0.4, -0.2) is 14.8 Å². The minimum Gasteiger partial charge on any atom is -0.419 e. The summed E-state index contributed by atoms with van der Waals surface area (Å²) in [5.41, 5.74) is 7.29. The summed E-state index contributed by atoms with van der Waals surface area (Å²) < 4.78 is 8.02. The van der Waals surface area contributed by atoms with Crippen molar-refractivity contribution in [2.24, 2.45) is 0 Å². The first-order chi connectivity index (χ1) is 18.6. The highest BCUT2D eigenvalue weighted by molar-refractivity contribution is 5.94. The van der Waals surface area contributed by atoms with Gasteiger partial charge in [-0.2, -0.15) is 15.3 Å². The smallest absolute Gasteiger partial charge is 0.232 e. The van der Waals surface area contributed by atoms with Gasteiger partial charge in [0.25, 0.3) is 0 Å². The van der Waals surface area contributed by atoms with Gasteiger partial charge in [0.1, 0.15) is 6.07 Å². The van der Waals surface area contributed by atoms with Crippen molar-refractivity contribution >= 4 is 16.7 Å². The maximum atomic E-state index is 9.81. The molecular weight excluding hydrogens is 470 g/mol. The molecule has 184 valence electrons. The topological polar surface area (TPSA) is 79.7 Å².